The first-order valence-corrected chi connectivity index (χ1v) is 11.8. The number of sulfonamides is 1. The summed E-state index contributed by atoms with van der Waals surface area (Å²) in [4.78, 5) is 4.79. The van der Waals surface area contributed by atoms with Crippen molar-refractivity contribution in [3.05, 3.63) is 65.0 Å². The molecule has 0 radical (unpaired) electrons. The summed E-state index contributed by atoms with van der Waals surface area (Å²) in [5.74, 6) is 0. The topological polar surface area (TPSA) is 83.9 Å². The van der Waals surface area contributed by atoms with Crippen molar-refractivity contribution in [1.82, 2.24) is 9.29 Å². The molecule has 1 aromatic heterocycles. The number of rotatable bonds is 6. The Morgan fingerprint density at radius 3 is 2.70 bits per heavy atom. The van der Waals surface area contributed by atoms with Crippen molar-refractivity contribution in [1.29, 1.82) is 0 Å². The van der Waals surface area contributed by atoms with Crippen LogP contribution in [-0.2, 0) is 14.8 Å². The third-order valence-corrected chi connectivity index (χ3v) is 7.33. The molecule has 1 fully saturated rings. The number of anilines is 1. The fourth-order valence-electron chi connectivity index (χ4n) is 3.02. The molecular weight excluding hydrogens is 420 g/mol. The van der Waals surface area contributed by atoms with Crippen molar-refractivity contribution in [2.75, 3.05) is 31.7 Å². The maximum absolute atomic E-state index is 12.9. The van der Waals surface area contributed by atoms with E-state index in [0.29, 0.717) is 37.1 Å². The fraction of sp³-hybridized carbons (Fsp3) is 0.238. The molecule has 3 aromatic rings. The van der Waals surface area contributed by atoms with E-state index in [9.17, 15) is 8.42 Å². The van der Waals surface area contributed by atoms with E-state index in [1.165, 1.54) is 21.2 Å². The van der Waals surface area contributed by atoms with Crippen LogP contribution in [0.4, 0.5) is 5.13 Å². The molecule has 0 atom stereocenters. The molecule has 2 aromatic carbocycles. The Hall–Kier alpha value is -2.59. The van der Waals surface area contributed by atoms with Crippen LogP contribution in [0.5, 0.6) is 0 Å². The van der Waals surface area contributed by atoms with Crippen LogP contribution < -0.4 is 5.43 Å². The van der Waals surface area contributed by atoms with Crippen LogP contribution in [0.2, 0.25) is 0 Å². The van der Waals surface area contributed by atoms with Gasteiger partial charge in [0.25, 0.3) is 0 Å². The molecule has 156 valence electrons. The van der Waals surface area contributed by atoms with E-state index in [2.05, 4.69) is 15.5 Å². The lowest BCUT2D eigenvalue weighted by molar-refractivity contribution is 0.0730. The first kappa shape index (κ1) is 20.7. The highest BCUT2D eigenvalue weighted by Gasteiger charge is 2.26. The second-order valence-corrected chi connectivity index (χ2v) is 9.66. The molecule has 1 aliphatic rings. The number of hydrogen-bond acceptors (Lipinski definition) is 7. The lowest BCUT2D eigenvalue weighted by Gasteiger charge is -2.26. The molecule has 1 N–H and O–H groups in total. The minimum atomic E-state index is -3.54. The van der Waals surface area contributed by atoms with E-state index < -0.39 is 10.0 Å². The van der Waals surface area contributed by atoms with Crippen LogP contribution >= 0.6 is 11.3 Å². The molecule has 0 saturated carbocycles. The van der Waals surface area contributed by atoms with Gasteiger partial charge in [-0.1, -0.05) is 42.0 Å². The van der Waals surface area contributed by atoms with E-state index in [4.69, 9.17) is 4.74 Å². The Bertz CT molecular complexity index is 1140. The lowest BCUT2D eigenvalue weighted by Crippen LogP contribution is -2.40. The van der Waals surface area contributed by atoms with Gasteiger partial charge in [0.1, 0.15) is 0 Å². The second-order valence-electron chi connectivity index (χ2n) is 6.86. The SMILES string of the molecule is Cc1ccc(/C=N\Nc2nc(-c3cccc(S(=O)(=O)N4CCOCC4)c3)cs2)cc1. The van der Waals surface area contributed by atoms with Gasteiger partial charge in [0.15, 0.2) is 0 Å². The molecule has 30 heavy (non-hydrogen) atoms. The first-order valence-electron chi connectivity index (χ1n) is 9.52. The van der Waals surface area contributed by atoms with Crippen LogP contribution in [0.3, 0.4) is 0 Å². The zero-order valence-electron chi connectivity index (χ0n) is 16.5. The number of aryl methyl sites for hydroxylation is 1. The predicted molar refractivity (Wildman–Crippen MR) is 120 cm³/mol. The maximum Gasteiger partial charge on any atom is 0.243 e. The number of thiazole rings is 1. The molecule has 7 nitrogen and oxygen atoms in total. The van der Waals surface area contributed by atoms with Crippen LogP contribution in [0, 0.1) is 6.92 Å². The summed E-state index contributed by atoms with van der Waals surface area (Å²) in [5.41, 5.74) is 6.57. The van der Waals surface area contributed by atoms with Crippen molar-refractivity contribution in [2.45, 2.75) is 11.8 Å². The van der Waals surface area contributed by atoms with Gasteiger partial charge in [-0.25, -0.2) is 13.4 Å². The number of hydrazone groups is 1. The molecule has 9 heteroatoms. The average Bonchev–Trinajstić information content (AvgIpc) is 3.25. The van der Waals surface area contributed by atoms with Crippen LogP contribution in [0.15, 0.2) is 63.9 Å². The summed E-state index contributed by atoms with van der Waals surface area (Å²) in [5, 5.41) is 6.74. The second kappa shape index (κ2) is 9.05. The van der Waals surface area contributed by atoms with Gasteiger partial charge in [-0.15, -0.1) is 11.3 Å². The number of aromatic nitrogens is 1. The minimum absolute atomic E-state index is 0.266. The standard InChI is InChI=1S/C21H22N4O3S2/c1-16-5-7-17(8-6-16)14-22-24-21-23-20(15-29-21)18-3-2-4-19(13-18)30(26,27)25-9-11-28-12-10-25/h2-8,13-15H,9-12H2,1H3,(H,23,24)/b22-14-. The van der Waals surface area contributed by atoms with Crippen LogP contribution in [-0.4, -0.2) is 50.2 Å². The molecule has 0 bridgehead atoms. The molecular formula is C21H22N4O3S2. The number of benzene rings is 2. The van der Waals surface area contributed by atoms with Gasteiger partial charge in [0.2, 0.25) is 15.2 Å². The summed E-state index contributed by atoms with van der Waals surface area (Å²) >= 11 is 1.41. The van der Waals surface area contributed by atoms with Crippen molar-refractivity contribution in [3.63, 3.8) is 0 Å². The van der Waals surface area contributed by atoms with Crippen LogP contribution in [0.1, 0.15) is 11.1 Å². The van der Waals surface area contributed by atoms with Gasteiger partial charge in [-0.2, -0.15) is 9.41 Å². The lowest BCUT2D eigenvalue weighted by atomic mass is 10.2. The number of ether oxygens (including phenoxy) is 1. The quantitative estimate of drug-likeness (QED) is 0.466. The zero-order chi connectivity index (χ0) is 21.0. The van der Waals surface area contributed by atoms with E-state index in [1.807, 2.05) is 42.6 Å². The Kier molecular flexibility index (Phi) is 6.24. The van der Waals surface area contributed by atoms with Crippen molar-refractivity contribution >= 4 is 32.7 Å². The summed E-state index contributed by atoms with van der Waals surface area (Å²) in [6, 6.07) is 14.9. The normalized spacial score (nSPS) is 15.5. The van der Waals surface area contributed by atoms with Crippen molar-refractivity contribution < 1.29 is 13.2 Å². The van der Waals surface area contributed by atoms with Gasteiger partial charge in [-0.05, 0) is 24.6 Å². The van der Waals surface area contributed by atoms with E-state index in [-0.39, 0.29) is 4.90 Å². The molecule has 1 saturated heterocycles. The van der Waals surface area contributed by atoms with Gasteiger partial charge < -0.3 is 4.74 Å². The van der Waals surface area contributed by atoms with Gasteiger partial charge in [0, 0.05) is 24.0 Å². The number of nitrogens with zero attached hydrogens (tertiary/aromatic N) is 3. The fourth-order valence-corrected chi connectivity index (χ4v) is 5.15. The Morgan fingerprint density at radius 1 is 1.17 bits per heavy atom. The monoisotopic (exact) mass is 442 g/mol. The Labute approximate surface area is 180 Å². The van der Waals surface area contributed by atoms with Crippen molar-refractivity contribution in [2.24, 2.45) is 5.10 Å². The van der Waals surface area contributed by atoms with Gasteiger partial charge >= 0.3 is 0 Å². The minimum Gasteiger partial charge on any atom is -0.379 e. The number of morpholine rings is 1. The molecule has 0 aliphatic carbocycles. The third-order valence-electron chi connectivity index (χ3n) is 4.69. The van der Waals surface area contributed by atoms with Crippen LogP contribution in [0.25, 0.3) is 11.3 Å². The van der Waals surface area contributed by atoms with E-state index in [1.54, 1.807) is 24.4 Å². The largest absolute Gasteiger partial charge is 0.379 e. The maximum atomic E-state index is 12.9. The average molecular weight is 443 g/mol. The Morgan fingerprint density at radius 2 is 1.93 bits per heavy atom. The highest BCUT2D eigenvalue weighted by Crippen LogP contribution is 2.28. The molecule has 0 spiro atoms. The summed E-state index contributed by atoms with van der Waals surface area (Å²) in [7, 11) is -3.54. The highest BCUT2D eigenvalue weighted by atomic mass is 32.2. The predicted octanol–water partition coefficient (Wildman–Crippen LogP) is 3.59. The van der Waals surface area contributed by atoms with Gasteiger partial charge in [0.05, 0.1) is 30.0 Å². The summed E-state index contributed by atoms with van der Waals surface area (Å²) in [6.07, 6.45) is 1.73. The molecule has 0 amide bonds. The van der Waals surface area contributed by atoms with E-state index >= 15 is 0 Å². The van der Waals surface area contributed by atoms with Gasteiger partial charge in [-0.3, -0.25) is 5.43 Å². The van der Waals surface area contributed by atoms with Crippen molar-refractivity contribution in [3.8, 4) is 11.3 Å². The third kappa shape index (κ3) is 4.76. The Balaban J connectivity index is 1.48. The first-order chi connectivity index (χ1) is 14.5. The smallest absolute Gasteiger partial charge is 0.243 e. The summed E-state index contributed by atoms with van der Waals surface area (Å²) < 4.78 is 32.5. The number of hydrogen-bond donors (Lipinski definition) is 1. The summed E-state index contributed by atoms with van der Waals surface area (Å²) in [6.45, 7) is 3.62. The highest BCUT2D eigenvalue weighted by molar-refractivity contribution is 7.89. The molecule has 2 heterocycles. The number of nitrogens with one attached hydrogen (secondary N) is 1. The molecule has 1 aliphatic heterocycles. The molecule has 0 unspecified atom stereocenters. The van der Waals surface area contributed by atoms with E-state index in [0.717, 1.165) is 11.1 Å². The zero-order valence-corrected chi connectivity index (χ0v) is 18.1. The molecule has 4 rings (SSSR count).